The molecule has 2 heterocycles. The predicted molar refractivity (Wildman–Crippen MR) is 71.3 cm³/mol. The minimum atomic E-state index is 0.547. The highest BCUT2D eigenvalue weighted by molar-refractivity contribution is 5.87. The van der Waals surface area contributed by atoms with Crippen molar-refractivity contribution < 1.29 is 4.42 Å². The summed E-state index contributed by atoms with van der Waals surface area (Å²) in [5, 5.41) is 1.18. The fraction of sp³-hybridized carbons (Fsp3) is 0.214. The van der Waals surface area contributed by atoms with E-state index >= 15 is 0 Å². The lowest BCUT2D eigenvalue weighted by Gasteiger charge is -1.93. The zero-order valence-corrected chi connectivity index (χ0v) is 10.2. The Morgan fingerprint density at radius 1 is 1.39 bits per heavy atom. The summed E-state index contributed by atoms with van der Waals surface area (Å²) in [6.45, 7) is 2.63. The van der Waals surface area contributed by atoms with Crippen molar-refractivity contribution in [2.75, 3.05) is 6.54 Å². The van der Waals surface area contributed by atoms with E-state index < -0.39 is 0 Å². The summed E-state index contributed by atoms with van der Waals surface area (Å²) >= 11 is 0. The SMILES string of the molecule is Cc1cccc2cc(-c3cnc(CCN)o3)[nH]c12. The smallest absolute Gasteiger partial charge is 0.196 e. The van der Waals surface area contributed by atoms with E-state index in [0.717, 1.165) is 17.0 Å². The lowest BCUT2D eigenvalue weighted by atomic mass is 10.2. The predicted octanol–water partition coefficient (Wildman–Crippen LogP) is 2.63. The van der Waals surface area contributed by atoms with E-state index in [0.29, 0.717) is 18.9 Å². The Labute approximate surface area is 105 Å². The van der Waals surface area contributed by atoms with Crippen molar-refractivity contribution in [3.63, 3.8) is 0 Å². The first kappa shape index (κ1) is 11.0. The lowest BCUT2D eigenvalue weighted by Crippen LogP contribution is -2.02. The molecule has 3 N–H and O–H groups in total. The highest BCUT2D eigenvalue weighted by atomic mass is 16.4. The Morgan fingerprint density at radius 3 is 3.06 bits per heavy atom. The van der Waals surface area contributed by atoms with E-state index in [1.54, 1.807) is 6.20 Å². The molecular weight excluding hydrogens is 226 g/mol. The van der Waals surface area contributed by atoms with Crippen LogP contribution in [0.25, 0.3) is 22.4 Å². The maximum absolute atomic E-state index is 5.66. The fourth-order valence-electron chi connectivity index (χ4n) is 2.11. The molecule has 2 aromatic heterocycles. The average Bonchev–Trinajstić information content (AvgIpc) is 2.96. The highest BCUT2D eigenvalue weighted by Crippen LogP contribution is 2.26. The molecule has 4 heteroatoms. The number of fused-ring (bicyclic) bond motifs is 1. The Kier molecular flexibility index (Phi) is 2.64. The second kappa shape index (κ2) is 4.31. The normalized spacial score (nSPS) is 11.2. The minimum Gasteiger partial charge on any atom is -0.439 e. The van der Waals surface area contributed by atoms with Crippen LogP contribution in [-0.4, -0.2) is 16.5 Å². The largest absolute Gasteiger partial charge is 0.439 e. The summed E-state index contributed by atoms with van der Waals surface area (Å²) in [7, 11) is 0. The first-order valence-electron chi connectivity index (χ1n) is 6.01. The number of oxazole rings is 1. The van der Waals surface area contributed by atoms with Gasteiger partial charge in [0.05, 0.1) is 11.9 Å². The molecule has 0 radical (unpaired) electrons. The van der Waals surface area contributed by atoms with Crippen LogP contribution in [0.15, 0.2) is 34.9 Å². The van der Waals surface area contributed by atoms with Gasteiger partial charge in [-0.05, 0) is 18.6 Å². The number of aromatic nitrogens is 2. The number of benzene rings is 1. The van der Waals surface area contributed by atoms with Crippen LogP contribution in [0.5, 0.6) is 0 Å². The van der Waals surface area contributed by atoms with E-state index in [1.165, 1.54) is 10.9 Å². The van der Waals surface area contributed by atoms with Crippen molar-refractivity contribution in [3.8, 4) is 11.5 Å². The van der Waals surface area contributed by atoms with Crippen LogP contribution in [0.2, 0.25) is 0 Å². The number of nitrogens with one attached hydrogen (secondary N) is 1. The van der Waals surface area contributed by atoms with Gasteiger partial charge in [-0.15, -0.1) is 0 Å². The summed E-state index contributed by atoms with van der Waals surface area (Å²) in [6.07, 6.45) is 2.41. The molecule has 18 heavy (non-hydrogen) atoms. The second-order valence-electron chi connectivity index (χ2n) is 4.38. The Bertz CT molecular complexity index is 681. The molecular formula is C14H15N3O. The first-order valence-corrected chi connectivity index (χ1v) is 6.01. The molecule has 4 nitrogen and oxygen atoms in total. The van der Waals surface area contributed by atoms with Crippen LogP contribution in [0, 0.1) is 6.92 Å². The summed E-state index contributed by atoms with van der Waals surface area (Å²) in [4.78, 5) is 7.58. The number of hydrogen-bond donors (Lipinski definition) is 2. The van der Waals surface area contributed by atoms with Gasteiger partial charge in [0.15, 0.2) is 11.7 Å². The maximum atomic E-state index is 5.66. The van der Waals surface area contributed by atoms with E-state index in [1.807, 2.05) is 0 Å². The molecule has 0 unspecified atom stereocenters. The third kappa shape index (κ3) is 1.80. The first-order chi connectivity index (χ1) is 8.78. The molecule has 0 aliphatic carbocycles. The molecule has 0 amide bonds. The molecule has 92 valence electrons. The van der Waals surface area contributed by atoms with E-state index in [9.17, 15) is 0 Å². The third-order valence-electron chi connectivity index (χ3n) is 3.04. The standard InChI is InChI=1S/C14H15N3O/c1-9-3-2-4-10-7-11(17-14(9)10)12-8-16-13(18-12)5-6-15/h2-4,7-8,17H,5-6,15H2,1H3. The van der Waals surface area contributed by atoms with E-state index in [4.69, 9.17) is 10.2 Å². The van der Waals surface area contributed by atoms with Gasteiger partial charge in [0.25, 0.3) is 0 Å². The topological polar surface area (TPSA) is 67.8 Å². The maximum Gasteiger partial charge on any atom is 0.196 e. The van der Waals surface area contributed by atoms with Gasteiger partial charge < -0.3 is 15.1 Å². The molecule has 0 aliphatic heterocycles. The fourth-order valence-corrected chi connectivity index (χ4v) is 2.11. The molecule has 0 bridgehead atoms. The van der Waals surface area contributed by atoms with Crippen LogP contribution in [-0.2, 0) is 6.42 Å². The number of aromatic amines is 1. The third-order valence-corrected chi connectivity index (χ3v) is 3.04. The molecule has 3 aromatic rings. The number of nitrogens with zero attached hydrogens (tertiary/aromatic N) is 1. The van der Waals surface area contributed by atoms with Crippen LogP contribution < -0.4 is 5.73 Å². The van der Waals surface area contributed by atoms with Gasteiger partial charge in [-0.1, -0.05) is 18.2 Å². The number of aryl methyl sites for hydroxylation is 1. The number of nitrogens with two attached hydrogens (primary N) is 1. The summed E-state index contributed by atoms with van der Waals surface area (Å²) in [6, 6.07) is 8.30. The van der Waals surface area contributed by atoms with Crippen LogP contribution in [0.4, 0.5) is 0 Å². The van der Waals surface area contributed by atoms with Crippen molar-refractivity contribution in [1.82, 2.24) is 9.97 Å². The molecule has 1 aromatic carbocycles. The van der Waals surface area contributed by atoms with Crippen LogP contribution in [0.1, 0.15) is 11.5 Å². The second-order valence-corrected chi connectivity index (χ2v) is 4.38. The van der Waals surface area contributed by atoms with Crippen molar-refractivity contribution in [2.24, 2.45) is 5.73 Å². The average molecular weight is 241 g/mol. The summed E-state index contributed by atoms with van der Waals surface area (Å²) in [5.41, 5.74) is 8.80. The van der Waals surface area contributed by atoms with Gasteiger partial charge in [-0.3, -0.25) is 0 Å². The molecule has 0 fully saturated rings. The van der Waals surface area contributed by atoms with Crippen LogP contribution >= 0.6 is 0 Å². The molecule has 0 spiro atoms. The number of H-pyrrole nitrogens is 1. The van der Waals surface area contributed by atoms with Gasteiger partial charge in [0.2, 0.25) is 0 Å². The Hall–Kier alpha value is -2.07. The van der Waals surface area contributed by atoms with E-state index in [2.05, 4.69) is 41.2 Å². The van der Waals surface area contributed by atoms with Gasteiger partial charge in [0.1, 0.15) is 0 Å². The Morgan fingerprint density at radius 2 is 2.28 bits per heavy atom. The zero-order chi connectivity index (χ0) is 12.5. The van der Waals surface area contributed by atoms with Crippen molar-refractivity contribution in [1.29, 1.82) is 0 Å². The van der Waals surface area contributed by atoms with E-state index in [-0.39, 0.29) is 0 Å². The number of rotatable bonds is 3. The summed E-state index contributed by atoms with van der Waals surface area (Å²) in [5.74, 6) is 1.44. The van der Waals surface area contributed by atoms with Crippen molar-refractivity contribution >= 4 is 10.9 Å². The quantitative estimate of drug-likeness (QED) is 0.740. The van der Waals surface area contributed by atoms with Crippen molar-refractivity contribution in [2.45, 2.75) is 13.3 Å². The monoisotopic (exact) mass is 241 g/mol. The summed E-state index contributed by atoms with van der Waals surface area (Å²) < 4.78 is 5.66. The number of hydrogen-bond acceptors (Lipinski definition) is 3. The van der Waals surface area contributed by atoms with Gasteiger partial charge in [-0.2, -0.15) is 0 Å². The molecule has 0 atom stereocenters. The molecule has 0 aliphatic rings. The minimum absolute atomic E-state index is 0.547. The van der Waals surface area contributed by atoms with Gasteiger partial charge >= 0.3 is 0 Å². The van der Waals surface area contributed by atoms with Gasteiger partial charge in [0, 0.05) is 23.9 Å². The highest BCUT2D eigenvalue weighted by Gasteiger charge is 2.09. The molecule has 3 rings (SSSR count). The molecule has 0 saturated heterocycles. The lowest BCUT2D eigenvalue weighted by molar-refractivity contribution is 0.507. The van der Waals surface area contributed by atoms with Gasteiger partial charge in [-0.25, -0.2) is 4.98 Å². The zero-order valence-electron chi connectivity index (χ0n) is 10.2. The van der Waals surface area contributed by atoms with Crippen molar-refractivity contribution in [3.05, 3.63) is 41.9 Å². The Balaban J connectivity index is 2.05. The van der Waals surface area contributed by atoms with Crippen LogP contribution in [0.3, 0.4) is 0 Å². The number of para-hydroxylation sites is 1. The molecule has 0 saturated carbocycles.